The number of ether oxygens (including phenoxy) is 1. The Morgan fingerprint density at radius 2 is 0.623 bits per heavy atom. The number of nitrogens with one attached hydrogen (secondary N) is 1. The van der Waals surface area contributed by atoms with E-state index in [0.29, 0.717) is 25.9 Å². The zero-order valence-electron chi connectivity index (χ0n) is 52.2. The van der Waals surface area contributed by atoms with Crippen LogP contribution in [-0.2, 0) is 14.3 Å². The molecule has 1 amide bonds. The second-order valence-electron chi connectivity index (χ2n) is 24.2. The predicted molar refractivity (Wildman–Crippen MR) is 338 cm³/mol. The second-order valence-corrected chi connectivity index (χ2v) is 24.2. The molecule has 0 rings (SSSR count). The quantitative estimate of drug-likeness (QED) is 0.0320. The molecule has 0 aliphatic rings. The summed E-state index contributed by atoms with van der Waals surface area (Å²) in [5, 5.41) is 23.4. The molecule has 6 heteroatoms. The van der Waals surface area contributed by atoms with E-state index in [0.717, 1.165) is 44.9 Å². The monoisotopic (exact) mass is 1080 g/mol. The number of carbonyl (C=O) groups is 2. The molecule has 3 N–H and O–H groups in total. The lowest BCUT2D eigenvalue weighted by atomic mass is 10.0. The van der Waals surface area contributed by atoms with Gasteiger partial charge >= 0.3 is 5.97 Å². The van der Waals surface area contributed by atoms with Gasteiger partial charge in [-0.25, -0.2) is 0 Å². The average molecular weight is 1080 g/mol. The van der Waals surface area contributed by atoms with Crippen LogP contribution in [0.15, 0.2) is 24.3 Å². The van der Waals surface area contributed by atoms with Crippen molar-refractivity contribution in [2.24, 2.45) is 0 Å². The first kappa shape index (κ1) is 75.3. The maximum absolute atomic E-state index is 12.5. The number of hydrogen-bond acceptors (Lipinski definition) is 5. The van der Waals surface area contributed by atoms with Crippen LogP contribution in [-0.4, -0.2) is 47.4 Å². The molecule has 0 radical (unpaired) electrons. The highest BCUT2D eigenvalue weighted by atomic mass is 16.5. The van der Waals surface area contributed by atoms with E-state index < -0.39 is 12.1 Å². The predicted octanol–water partition coefficient (Wildman–Crippen LogP) is 22.5. The molecule has 0 aromatic heterocycles. The van der Waals surface area contributed by atoms with E-state index in [4.69, 9.17) is 4.74 Å². The molecule has 0 saturated heterocycles. The Kier molecular flexibility index (Phi) is 65.4. The van der Waals surface area contributed by atoms with Gasteiger partial charge in [-0.05, 0) is 70.6 Å². The molecule has 0 heterocycles. The van der Waals surface area contributed by atoms with Crippen LogP contribution in [0.2, 0.25) is 0 Å². The largest absolute Gasteiger partial charge is 0.466 e. The van der Waals surface area contributed by atoms with Gasteiger partial charge in [0.1, 0.15) is 0 Å². The zero-order valence-corrected chi connectivity index (χ0v) is 52.2. The number of hydrogen-bond donors (Lipinski definition) is 3. The summed E-state index contributed by atoms with van der Waals surface area (Å²) in [4.78, 5) is 24.5. The third-order valence-corrected chi connectivity index (χ3v) is 16.5. The number of carbonyl (C=O) groups excluding carboxylic acids is 2. The first-order valence-electron chi connectivity index (χ1n) is 35.1. The van der Waals surface area contributed by atoms with Crippen LogP contribution in [0.1, 0.15) is 393 Å². The number of aliphatic hydroxyl groups is 2. The highest BCUT2D eigenvalue weighted by molar-refractivity contribution is 5.76. The van der Waals surface area contributed by atoms with Gasteiger partial charge in [-0.1, -0.05) is 334 Å². The fourth-order valence-electron chi connectivity index (χ4n) is 11.1. The third-order valence-electron chi connectivity index (χ3n) is 16.5. The first-order valence-corrected chi connectivity index (χ1v) is 35.1. The summed E-state index contributed by atoms with van der Waals surface area (Å²) in [7, 11) is 0. The minimum Gasteiger partial charge on any atom is -0.466 e. The Bertz CT molecular complexity index is 1200. The molecule has 2 atom stereocenters. The molecule has 6 nitrogen and oxygen atoms in total. The molecule has 0 spiro atoms. The second kappa shape index (κ2) is 66.8. The number of unbranched alkanes of at least 4 members (excludes halogenated alkanes) is 51. The Morgan fingerprint density at radius 1 is 0.351 bits per heavy atom. The lowest BCUT2D eigenvalue weighted by Crippen LogP contribution is -2.45. The number of esters is 1. The molecule has 77 heavy (non-hydrogen) atoms. The van der Waals surface area contributed by atoms with E-state index in [1.165, 1.54) is 315 Å². The summed E-state index contributed by atoms with van der Waals surface area (Å²) in [6, 6.07) is -0.540. The van der Waals surface area contributed by atoms with Crippen LogP contribution in [0, 0.1) is 0 Å². The smallest absolute Gasteiger partial charge is 0.305 e. The molecule has 2 unspecified atom stereocenters. The van der Waals surface area contributed by atoms with Gasteiger partial charge in [0.05, 0.1) is 25.4 Å². The molecule has 0 fully saturated rings. The van der Waals surface area contributed by atoms with Gasteiger partial charge in [0.2, 0.25) is 5.91 Å². The van der Waals surface area contributed by atoms with E-state index in [2.05, 4.69) is 43.5 Å². The van der Waals surface area contributed by atoms with Gasteiger partial charge in [-0.15, -0.1) is 0 Å². The van der Waals surface area contributed by atoms with E-state index >= 15 is 0 Å². The Hall–Kier alpha value is -1.66. The molecule has 0 aromatic carbocycles. The van der Waals surface area contributed by atoms with Crippen molar-refractivity contribution >= 4 is 11.9 Å². The molecule has 0 aromatic rings. The molecule has 0 aliphatic heterocycles. The minimum atomic E-state index is -0.663. The average Bonchev–Trinajstić information content (AvgIpc) is 3.43. The zero-order chi connectivity index (χ0) is 55.7. The van der Waals surface area contributed by atoms with Crippen molar-refractivity contribution in [2.75, 3.05) is 13.2 Å². The summed E-state index contributed by atoms with van der Waals surface area (Å²) in [5.74, 6) is -0.0220. The Balaban J connectivity index is 3.36. The van der Waals surface area contributed by atoms with E-state index in [-0.39, 0.29) is 18.5 Å². The van der Waals surface area contributed by atoms with Crippen LogP contribution in [0.3, 0.4) is 0 Å². The SMILES string of the molecule is CCCC/C=C\CCCCCCCC(=O)OCCCCCCCCCCCCCC/C=C\CCCCCCCCCCCCCCCCCC(=O)NC(CO)C(O)CCCCCCCCCCCCCCCCCCCC. The van der Waals surface area contributed by atoms with Crippen molar-refractivity contribution in [3.8, 4) is 0 Å². The summed E-state index contributed by atoms with van der Waals surface area (Å²) in [6.45, 7) is 4.95. The lowest BCUT2D eigenvalue weighted by molar-refractivity contribution is -0.143. The standard InChI is InChI=1S/C71H137NO5/c1-3-5-7-9-11-13-15-16-17-18-34-37-40-44-47-51-55-59-63-69(74)68(67-73)72-70(75)64-60-56-52-48-45-41-38-35-32-30-28-26-24-22-20-19-21-23-25-27-29-31-33-36-39-42-46-50-54-58-62-66-77-71(76)65-61-57-53-49-43-14-12-10-8-6-4-2/h10,12,21,23,68-69,73-74H,3-9,11,13-20,22,24-67H2,1-2H3,(H,72,75)/b12-10-,23-21-. The molecule has 456 valence electrons. The van der Waals surface area contributed by atoms with Crippen molar-refractivity contribution in [1.82, 2.24) is 5.32 Å². The Labute approximate surface area is 481 Å². The van der Waals surface area contributed by atoms with Gasteiger partial charge in [0.25, 0.3) is 0 Å². The molecule has 0 bridgehead atoms. The minimum absolute atomic E-state index is 0.00704. The van der Waals surface area contributed by atoms with Crippen LogP contribution in [0.5, 0.6) is 0 Å². The summed E-state index contributed by atoms with van der Waals surface area (Å²) >= 11 is 0. The third kappa shape index (κ3) is 63.4. The van der Waals surface area contributed by atoms with Gasteiger partial charge in [-0.2, -0.15) is 0 Å². The normalized spacial score (nSPS) is 12.6. The molecular formula is C71H137NO5. The van der Waals surface area contributed by atoms with Crippen molar-refractivity contribution in [2.45, 2.75) is 405 Å². The number of rotatable bonds is 66. The highest BCUT2D eigenvalue weighted by Crippen LogP contribution is 2.19. The van der Waals surface area contributed by atoms with E-state index in [1.54, 1.807) is 0 Å². The van der Waals surface area contributed by atoms with E-state index in [9.17, 15) is 19.8 Å². The molecule has 0 saturated carbocycles. The molecular weight excluding hydrogens is 947 g/mol. The van der Waals surface area contributed by atoms with Gasteiger partial charge in [0.15, 0.2) is 0 Å². The van der Waals surface area contributed by atoms with Crippen molar-refractivity contribution in [3.63, 3.8) is 0 Å². The van der Waals surface area contributed by atoms with Crippen molar-refractivity contribution in [3.05, 3.63) is 24.3 Å². The first-order chi connectivity index (χ1) is 38.0. The highest BCUT2D eigenvalue weighted by Gasteiger charge is 2.20. The Morgan fingerprint density at radius 3 is 0.961 bits per heavy atom. The summed E-state index contributed by atoms with van der Waals surface area (Å²) in [6.07, 6.45) is 83.7. The van der Waals surface area contributed by atoms with Crippen LogP contribution >= 0.6 is 0 Å². The van der Waals surface area contributed by atoms with Crippen molar-refractivity contribution in [1.29, 1.82) is 0 Å². The molecule has 0 aliphatic carbocycles. The van der Waals surface area contributed by atoms with Gasteiger partial charge in [-0.3, -0.25) is 9.59 Å². The van der Waals surface area contributed by atoms with Crippen LogP contribution < -0.4 is 5.32 Å². The number of aliphatic hydroxyl groups excluding tert-OH is 2. The summed E-state index contributed by atoms with van der Waals surface area (Å²) < 4.78 is 5.47. The summed E-state index contributed by atoms with van der Waals surface area (Å²) in [5.41, 5.74) is 0. The number of allylic oxidation sites excluding steroid dienone is 4. The van der Waals surface area contributed by atoms with E-state index in [1.807, 2.05) is 0 Å². The van der Waals surface area contributed by atoms with Crippen LogP contribution in [0.25, 0.3) is 0 Å². The van der Waals surface area contributed by atoms with Crippen molar-refractivity contribution < 1.29 is 24.5 Å². The fourth-order valence-corrected chi connectivity index (χ4v) is 11.1. The lowest BCUT2D eigenvalue weighted by Gasteiger charge is -2.22. The van der Waals surface area contributed by atoms with Gasteiger partial charge < -0.3 is 20.3 Å². The maximum Gasteiger partial charge on any atom is 0.305 e. The maximum atomic E-state index is 12.5. The topological polar surface area (TPSA) is 95.9 Å². The number of amides is 1. The fraction of sp³-hybridized carbons (Fsp3) is 0.915. The van der Waals surface area contributed by atoms with Gasteiger partial charge in [0, 0.05) is 12.8 Å². The van der Waals surface area contributed by atoms with Crippen LogP contribution in [0.4, 0.5) is 0 Å².